The summed E-state index contributed by atoms with van der Waals surface area (Å²) in [5, 5.41) is 5.79. The first kappa shape index (κ1) is 10.4. The molecule has 1 aromatic carbocycles. The normalized spacial score (nSPS) is 9.57. The first-order chi connectivity index (χ1) is 6.63. The Balaban J connectivity index is 2.83. The number of hydrogen-bond acceptors (Lipinski definition) is 3. The van der Waals surface area contributed by atoms with E-state index in [1.807, 2.05) is 19.1 Å². The number of anilines is 3. The maximum Gasteiger partial charge on any atom is 0.221 e. The highest BCUT2D eigenvalue weighted by molar-refractivity contribution is 5.90. The van der Waals surface area contributed by atoms with Crippen molar-refractivity contribution in [3.8, 4) is 0 Å². The summed E-state index contributed by atoms with van der Waals surface area (Å²) in [5.41, 5.74) is 8.02. The third kappa shape index (κ3) is 2.65. The van der Waals surface area contributed by atoms with Gasteiger partial charge in [-0.05, 0) is 25.1 Å². The van der Waals surface area contributed by atoms with Crippen molar-refractivity contribution in [2.75, 3.05) is 22.9 Å². The van der Waals surface area contributed by atoms with Crippen molar-refractivity contribution in [3.63, 3.8) is 0 Å². The van der Waals surface area contributed by atoms with Crippen LogP contribution in [-0.2, 0) is 4.79 Å². The fourth-order valence-electron chi connectivity index (χ4n) is 1.20. The van der Waals surface area contributed by atoms with Crippen molar-refractivity contribution in [3.05, 3.63) is 18.2 Å². The number of amides is 1. The monoisotopic (exact) mass is 193 g/mol. The topological polar surface area (TPSA) is 67.1 Å². The molecule has 1 amide bonds. The SMILES string of the molecule is CCNc1ccc(NC(C)=O)cc1N. The van der Waals surface area contributed by atoms with E-state index in [9.17, 15) is 4.79 Å². The molecule has 4 nitrogen and oxygen atoms in total. The van der Waals surface area contributed by atoms with Crippen LogP contribution in [0, 0.1) is 0 Å². The Morgan fingerprint density at radius 2 is 2.21 bits per heavy atom. The average molecular weight is 193 g/mol. The van der Waals surface area contributed by atoms with Gasteiger partial charge in [-0.3, -0.25) is 4.79 Å². The number of hydrogen-bond donors (Lipinski definition) is 3. The summed E-state index contributed by atoms with van der Waals surface area (Å²) < 4.78 is 0. The van der Waals surface area contributed by atoms with Crippen LogP contribution in [0.3, 0.4) is 0 Å². The molecule has 0 spiro atoms. The molecule has 0 heterocycles. The first-order valence-corrected chi connectivity index (χ1v) is 4.54. The molecular formula is C10H15N3O. The summed E-state index contributed by atoms with van der Waals surface area (Å²) in [6.45, 7) is 4.29. The predicted molar refractivity (Wildman–Crippen MR) is 59.3 cm³/mol. The van der Waals surface area contributed by atoms with Crippen molar-refractivity contribution in [1.29, 1.82) is 0 Å². The molecule has 0 saturated carbocycles. The molecule has 0 aliphatic heterocycles. The molecule has 1 rings (SSSR count). The van der Waals surface area contributed by atoms with Gasteiger partial charge in [-0.1, -0.05) is 0 Å². The molecular weight excluding hydrogens is 178 g/mol. The van der Waals surface area contributed by atoms with Gasteiger partial charge < -0.3 is 16.4 Å². The lowest BCUT2D eigenvalue weighted by molar-refractivity contribution is -0.114. The van der Waals surface area contributed by atoms with Gasteiger partial charge in [0, 0.05) is 19.2 Å². The maximum absolute atomic E-state index is 10.8. The highest BCUT2D eigenvalue weighted by Crippen LogP contribution is 2.22. The number of rotatable bonds is 3. The zero-order valence-electron chi connectivity index (χ0n) is 8.42. The van der Waals surface area contributed by atoms with Crippen LogP contribution < -0.4 is 16.4 Å². The van der Waals surface area contributed by atoms with Gasteiger partial charge in [0.2, 0.25) is 5.91 Å². The van der Waals surface area contributed by atoms with Gasteiger partial charge >= 0.3 is 0 Å². The minimum absolute atomic E-state index is 0.0967. The highest BCUT2D eigenvalue weighted by atomic mass is 16.1. The zero-order chi connectivity index (χ0) is 10.6. The average Bonchev–Trinajstić information content (AvgIpc) is 2.09. The molecule has 76 valence electrons. The zero-order valence-corrected chi connectivity index (χ0v) is 8.42. The summed E-state index contributed by atoms with van der Waals surface area (Å²) in [4.78, 5) is 10.8. The maximum atomic E-state index is 10.8. The standard InChI is InChI=1S/C10H15N3O/c1-3-12-10-5-4-8(6-9(10)11)13-7(2)14/h4-6,12H,3,11H2,1-2H3,(H,13,14). The fourth-order valence-corrected chi connectivity index (χ4v) is 1.20. The molecule has 0 fully saturated rings. The lowest BCUT2D eigenvalue weighted by Gasteiger charge is -2.09. The van der Waals surface area contributed by atoms with Gasteiger partial charge in [0.1, 0.15) is 0 Å². The van der Waals surface area contributed by atoms with Gasteiger partial charge in [0.15, 0.2) is 0 Å². The summed E-state index contributed by atoms with van der Waals surface area (Å²) >= 11 is 0. The van der Waals surface area contributed by atoms with Crippen LogP contribution in [0.5, 0.6) is 0 Å². The van der Waals surface area contributed by atoms with E-state index < -0.39 is 0 Å². The second-order valence-corrected chi connectivity index (χ2v) is 3.01. The summed E-state index contributed by atoms with van der Waals surface area (Å²) in [6.07, 6.45) is 0. The van der Waals surface area contributed by atoms with Crippen LogP contribution in [0.2, 0.25) is 0 Å². The molecule has 0 bridgehead atoms. The van der Waals surface area contributed by atoms with Crippen LogP contribution in [0.4, 0.5) is 17.1 Å². The number of nitrogens with two attached hydrogens (primary N) is 1. The molecule has 0 aromatic heterocycles. The van der Waals surface area contributed by atoms with Crippen LogP contribution in [0.1, 0.15) is 13.8 Å². The lowest BCUT2D eigenvalue weighted by atomic mass is 10.2. The molecule has 0 atom stereocenters. The third-order valence-electron chi connectivity index (χ3n) is 1.74. The second kappa shape index (κ2) is 4.50. The Morgan fingerprint density at radius 3 is 2.71 bits per heavy atom. The number of nitrogen functional groups attached to an aromatic ring is 1. The molecule has 4 heteroatoms. The fraction of sp³-hybridized carbons (Fsp3) is 0.300. The van der Waals surface area contributed by atoms with Crippen LogP contribution in [-0.4, -0.2) is 12.5 Å². The molecule has 0 radical (unpaired) electrons. The van der Waals surface area contributed by atoms with Gasteiger partial charge in [-0.25, -0.2) is 0 Å². The summed E-state index contributed by atoms with van der Waals surface area (Å²) in [5.74, 6) is -0.0967. The molecule has 1 aromatic rings. The van der Waals surface area contributed by atoms with E-state index in [2.05, 4.69) is 10.6 Å². The predicted octanol–water partition coefficient (Wildman–Crippen LogP) is 1.66. The highest BCUT2D eigenvalue weighted by Gasteiger charge is 2.00. The summed E-state index contributed by atoms with van der Waals surface area (Å²) in [6, 6.07) is 5.40. The molecule has 14 heavy (non-hydrogen) atoms. The number of carbonyl (C=O) groups excluding carboxylic acids is 1. The molecule has 4 N–H and O–H groups in total. The van der Waals surface area contributed by atoms with Crippen molar-refractivity contribution in [1.82, 2.24) is 0 Å². The second-order valence-electron chi connectivity index (χ2n) is 3.01. The minimum Gasteiger partial charge on any atom is -0.397 e. The van der Waals surface area contributed by atoms with E-state index in [1.54, 1.807) is 6.07 Å². The Hall–Kier alpha value is -1.71. The van der Waals surface area contributed by atoms with Crippen LogP contribution in [0.15, 0.2) is 18.2 Å². The van der Waals surface area contributed by atoms with E-state index in [0.29, 0.717) is 5.69 Å². The van der Waals surface area contributed by atoms with E-state index >= 15 is 0 Å². The van der Waals surface area contributed by atoms with Crippen molar-refractivity contribution < 1.29 is 4.79 Å². The summed E-state index contributed by atoms with van der Waals surface area (Å²) in [7, 11) is 0. The van der Waals surface area contributed by atoms with Gasteiger partial charge in [-0.2, -0.15) is 0 Å². The van der Waals surface area contributed by atoms with Gasteiger partial charge in [-0.15, -0.1) is 0 Å². The molecule has 0 saturated heterocycles. The Bertz CT molecular complexity index is 336. The Kier molecular flexibility index (Phi) is 3.34. The van der Waals surface area contributed by atoms with Gasteiger partial charge in [0.25, 0.3) is 0 Å². The number of carbonyl (C=O) groups is 1. The largest absolute Gasteiger partial charge is 0.397 e. The number of nitrogens with one attached hydrogen (secondary N) is 2. The quantitative estimate of drug-likeness (QED) is 0.639. The number of benzene rings is 1. The van der Waals surface area contributed by atoms with Crippen LogP contribution in [0.25, 0.3) is 0 Å². The Labute approximate surface area is 83.5 Å². The minimum atomic E-state index is -0.0967. The van der Waals surface area contributed by atoms with E-state index in [1.165, 1.54) is 6.92 Å². The lowest BCUT2D eigenvalue weighted by Crippen LogP contribution is -2.07. The first-order valence-electron chi connectivity index (χ1n) is 4.54. The Morgan fingerprint density at radius 1 is 1.50 bits per heavy atom. The van der Waals surface area contributed by atoms with E-state index in [-0.39, 0.29) is 5.91 Å². The molecule has 0 aliphatic rings. The van der Waals surface area contributed by atoms with E-state index in [0.717, 1.165) is 17.9 Å². The van der Waals surface area contributed by atoms with Crippen molar-refractivity contribution in [2.24, 2.45) is 0 Å². The van der Waals surface area contributed by atoms with Crippen molar-refractivity contribution >= 4 is 23.0 Å². The molecule has 0 aliphatic carbocycles. The van der Waals surface area contributed by atoms with Crippen LogP contribution >= 0.6 is 0 Å². The third-order valence-corrected chi connectivity index (χ3v) is 1.74. The smallest absolute Gasteiger partial charge is 0.221 e. The van der Waals surface area contributed by atoms with E-state index in [4.69, 9.17) is 5.73 Å². The molecule has 0 unspecified atom stereocenters. The van der Waals surface area contributed by atoms with Crippen molar-refractivity contribution in [2.45, 2.75) is 13.8 Å². The van der Waals surface area contributed by atoms with Gasteiger partial charge in [0.05, 0.1) is 11.4 Å².